The summed E-state index contributed by atoms with van der Waals surface area (Å²) in [5.41, 5.74) is 1.27. The largest absolute Gasteiger partial charge is 0.452 e. The van der Waals surface area contributed by atoms with Crippen LogP contribution in [0.2, 0.25) is 0 Å². The first-order chi connectivity index (χ1) is 13.5. The van der Waals surface area contributed by atoms with Crippen LogP contribution in [-0.4, -0.2) is 40.5 Å². The highest BCUT2D eigenvalue weighted by molar-refractivity contribution is 5.88. The van der Waals surface area contributed by atoms with Crippen LogP contribution in [0.3, 0.4) is 0 Å². The van der Waals surface area contributed by atoms with Crippen molar-refractivity contribution in [2.45, 2.75) is 24.4 Å². The Bertz CT molecular complexity index is 859. The van der Waals surface area contributed by atoms with E-state index in [2.05, 4.69) is 0 Å². The van der Waals surface area contributed by atoms with Gasteiger partial charge in [-0.3, -0.25) is 0 Å². The van der Waals surface area contributed by atoms with Crippen molar-refractivity contribution in [1.82, 2.24) is 0 Å². The Morgan fingerprint density at radius 2 is 1.68 bits per heavy atom. The summed E-state index contributed by atoms with van der Waals surface area (Å²) in [5, 5.41) is 20.9. The van der Waals surface area contributed by atoms with E-state index in [1.54, 1.807) is 36.4 Å². The summed E-state index contributed by atoms with van der Waals surface area (Å²) >= 11 is 0. The molecule has 0 saturated carbocycles. The fourth-order valence-electron chi connectivity index (χ4n) is 2.82. The van der Waals surface area contributed by atoms with E-state index in [-0.39, 0.29) is 0 Å². The van der Waals surface area contributed by atoms with E-state index in [0.29, 0.717) is 5.56 Å². The number of aliphatic hydroxyl groups is 2. The Balaban J connectivity index is 1.71. The van der Waals surface area contributed by atoms with Gasteiger partial charge in [-0.1, -0.05) is 60.7 Å². The van der Waals surface area contributed by atoms with Gasteiger partial charge in [0.05, 0.1) is 0 Å². The van der Waals surface area contributed by atoms with Crippen molar-refractivity contribution in [2.24, 2.45) is 0 Å². The van der Waals surface area contributed by atoms with Crippen LogP contribution in [0.15, 0.2) is 78.9 Å². The molecule has 0 aliphatic carbocycles. The third kappa shape index (κ3) is 4.94. The highest BCUT2D eigenvalue weighted by Gasteiger charge is 2.39. The van der Waals surface area contributed by atoms with Gasteiger partial charge < -0.3 is 19.7 Å². The Morgan fingerprint density at radius 3 is 2.36 bits per heavy atom. The van der Waals surface area contributed by atoms with E-state index in [0.717, 1.165) is 11.6 Å². The minimum Gasteiger partial charge on any atom is -0.452 e. The Hall–Kier alpha value is -3.22. The van der Waals surface area contributed by atoms with Crippen LogP contribution in [0.25, 0.3) is 6.08 Å². The lowest BCUT2D eigenvalue weighted by atomic mass is 9.96. The third-order valence-electron chi connectivity index (χ3n) is 4.26. The Morgan fingerprint density at radius 1 is 1.04 bits per heavy atom. The zero-order valence-electron chi connectivity index (χ0n) is 14.9. The number of carbonyl (C=O) groups is 2. The van der Waals surface area contributed by atoms with Crippen LogP contribution < -0.4 is 0 Å². The molecule has 144 valence electrons. The SMILES string of the molecule is O=C1C=C[C@H](OC(=O)/C=C/c2ccccc2)[C@H]([C@H](O)[C@H](O)c2ccccc2)O1. The molecule has 0 bridgehead atoms. The van der Waals surface area contributed by atoms with Crippen molar-refractivity contribution >= 4 is 18.0 Å². The maximum atomic E-state index is 12.1. The van der Waals surface area contributed by atoms with Gasteiger partial charge in [0.2, 0.25) is 0 Å². The first-order valence-electron chi connectivity index (χ1n) is 8.78. The van der Waals surface area contributed by atoms with Gasteiger partial charge in [-0.2, -0.15) is 0 Å². The molecule has 0 aromatic heterocycles. The molecule has 0 fully saturated rings. The van der Waals surface area contributed by atoms with Crippen LogP contribution in [-0.2, 0) is 19.1 Å². The van der Waals surface area contributed by atoms with E-state index in [9.17, 15) is 19.8 Å². The molecule has 6 nitrogen and oxygen atoms in total. The van der Waals surface area contributed by atoms with Gasteiger partial charge in [0, 0.05) is 12.2 Å². The number of aliphatic hydroxyl groups excluding tert-OH is 2. The second-order valence-corrected chi connectivity index (χ2v) is 6.25. The molecule has 1 heterocycles. The summed E-state index contributed by atoms with van der Waals surface area (Å²) in [4.78, 5) is 23.8. The Labute approximate surface area is 162 Å². The quantitative estimate of drug-likeness (QED) is 0.589. The molecule has 2 aromatic rings. The molecule has 0 amide bonds. The molecule has 0 unspecified atom stereocenters. The zero-order valence-corrected chi connectivity index (χ0v) is 14.9. The van der Waals surface area contributed by atoms with Crippen LogP contribution in [0.1, 0.15) is 17.2 Å². The van der Waals surface area contributed by atoms with Crippen LogP contribution in [0.5, 0.6) is 0 Å². The lowest BCUT2D eigenvalue weighted by Gasteiger charge is -2.32. The number of hydrogen-bond acceptors (Lipinski definition) is 6. The summed E-state index contributed by atoms with van der Waals surface area (Å²) in [6, 6.07) is 17.7. The lowest BCUT2D eigenvalue weighted by molar-refractivity contribution is -0.176. The van der Waals surface area contributed by atoms with Gasteiger partial charge in [-0.15, -0.1) is 0 Å². The maximum absolute atomic E-state index is 12.1. The van der Waals surface area contributed by atoms with Gasteiger partial charge in [-0.05, 0) is 23.3 Å². The molecule has 2 N–H and O–H groups in total. The highest BCUT2D eigenvalue weighted by Crippen LogP contribution is 2.25. The predicted molar refractivity (Wildman–Crippen MR) is 102 cm³/mol. The summed E-state index contributed by atoms with van der Waals surface area (Å²) in [5.74, 6) is -1.35. The average Bonchev–Trinajstić information content (AvgIpc) is 2.74. The number of carbonyl (C=O) groups excluding carboxylic acids is 2. The van der Waals surface area contributed by atoms with Gasteiger partial charge in [0.25, 0.3) is 0 Å². The van der Waals surface area contributed by atoms with Crippen molar-refractivity contribution in [2.75, 3.05) is 0 Å². The standard InChI is InChI=1S/C22H20O6/c23-18(13-11-15-7-3-1-4-8-15)27-17-12-14-19(24)28-22(17)21(26)20(25)16-9-5-2-6-10-16/h1-14,17,20-22,25-26H/b13-11+/t17-,20+,21+,22+/m0/s1. The van der Waals surface area contributed by atoms with Gasteiger partial charge in [-0.25, -0.2) is 9.59 Å². The van der Waals surface area contributed by atoms with Crippen molar-refractivity contribution < 1.29 is 29.3 Å². The topological polar surface area (TPSA) is 93.1 Å². The molecular formula is C22H20O6. The first kappa shape index (κ1) is 19.5. The van der Waals surface area contributed by atoms with Crippen molar-refractivity contribution in [3.63, 3.8) is 0 Å². The molecule has 4 atom stereocenters. The summed E-state index contributed by atoms with van der Waals surface area (Å²) < 4.78 is 10.5. The molecular weight excluding hydrogens is 360 g/mol. The number of ether oxygens (including phenoxy) is 2. The molecule has 0 spiro atoms. The molecule has 1 aliphatic heterocycles. The lowest BCUT2D eigenvalue weighted by Crippen LogP contribution is -2.47. The fourth-order valence-corrected chi connectivity index (χ4v) is 2.82. The number of hydrogen-bond donors (Lipinski definition) is 2. The second-order valence-electron chi connectivity index (χ2n) is 6.25. The molecule has 1 aliphatic rings. The zero-order chi connectivity index (χ0) is 19.9. The van der Waals surface area contributed by atoms with Crippen LogP contribution in [0.4, 0.5) is 0 Å². The van der Waals surface area contributed by atoms with E-state index >= 15 is 0 Å². The van der Waals surface area contributed by atoms with Crippen LogP contribution >= 0.6 is 0 Å². The number of rotatable bonds is 6. The second kappa shape index (κ2) is 9.12. The minimum atomic E-state index is -1.48. The van der Waals surface area contributed by atoms with E-state index in [1.165, 1.54) is 12.2 Å². The van der Waals surface area contributed by atoms with Crippen molar-refractivity contribution in [1.29, 1.82) is 0 Å². The van der Waals surface area contributed by atoms with Crippen LogP contribution in [0, 0.1) is 0 Å². The average molecular weight is 380 g/mol. The molecule has 6 heteroatoms. The molecule has 2 aromatic carbocycles. The smallest absolute Gasteiger partial charge is 0.331 e. The van der Waals surface area contributed by atoms with Crippen molar-refractivity contribution in [3.05, 3.63) is 90.0 Å². The molecule has 0 radical (unpaired) electrons. The molecule has 3 rings (SSSR count). The summed E-state index contributed by atoms with van der Waals surface area (Å²) in [6.45, 7) is 0. The maximum Gasteiger partial charge on any atom is 0.331 e. The van der Waals surface area contributed by atoms with Gasteiger partial charge in [0.15, 0.2) is 12.2 Å². The van der Waals surface area contributed by atoms with Crippen molar-refractivity contribution in [3.8, 4) is 0 Å². The number of esters is 2. The summed E-state index contributed by atoms with van der Waals surface area (Å²) in [7, 11) is 0. The minimum absolute atomic E-state index is 0.453. The van der Waals surface area contributed by atoms with E-state index in [4.69, 9.17) is 9.47 Å². The Kier molecular flexibility index (Phi) is 6.37. The monoisotopic (exact) mass is 380 g/mol. The van der Waals surface area contributed by atoms with Gasteiger partial charge >= 0.3 is 11.9 Å². The van der Waals surface area contributed by atoms with E-state index < -0.39 is 36.4 Å². The number of cyclic esters (lactones) is 1. The fraction of sp³-hybridized carbons (Fsp3) is 0.182. The highest BCUT2D eigenvalue weighted by atomic mass is 16.6. The molecule has 28 heavy (non-hydrogen) atoms. The predicted octanol–water partition coefficient (Wildman–Crippen LogP) is 2.19. The van der Waals surface area contributed by atoms with E-state index in [1.807, 2.05) is 30.3 Å². The first-order valence-corrected chi connectivity index (χ1v) is 8.78. The van der Waals surface area contributed by atoms with Gasteiger partial charge in [0.1, 0.15) is 12.2 Å². The normalized spacial score (nSPS) is 21.1. The number of benzene rings is 2. The molecule has 0 saturated heterocycles. The summed E-state index contributed by atoms with van der Waals surface area (Å²) in [6.07, 6.45) is 0.240. The third-order valence-corrected chi connectivity index (χ3v) is 4.26.